The van der Waals surface area contributed by atoms with E-state index in [9.17, 15) is 0 Å². The van der Waals surface area contributed by atoms with Crippen LogP contribution in [0, 0.1) is 0 Å². The third kappa shape index (κ3) is 3.09. The zero-order valence-corrected chi connectivity index (χ0v) is 13.7. The number of benzene rings is 1. The summed E-state index contributed by atoms with van der Waals surface area (Å²) in [4.78, 5) is 9.05. The molecule has 1 aliphatic rings. The summed E-state index contributed by atoms with van der Waals surface area (Å²) < 4.78 is 4.36. The summed E-state index contributed by atoms with van der Waals surface area (Å²) in [5.41, 5.74) is 2.54. The summed E-state index contributed by atoms with van der Waals surface area (Å²) in [6, 6.07) is 9.31. The van der Waals surface area contributed by atoms with Gasteiger partial charge in [0.2, 0.25) is 5.95 Å². The molecular weight excluding hydrogens is 280 g/mol. The summed E-state index contributed by atoms with van der Waals surface area (Å²) in [7, 11) is 3.93. The number of hydrogen-bond donors (Lipinski definition) is 0. The highest BCUT2D eigenvalue weighted by molar-refractivity contribution is 7.09. The Morgan fingerprint density at radius 2 is 1.81 bits per heavy atom. The van der Waals surface area contributed by atoms with Crippen molar-refractivity contribution < 1.29 is 0 Å². The molecule has 1 aliphatic heterocycles. The summed E-state index contributed by atoms with van der Waals surface area (Å²) >= 11 is 1.46. The van der Waals surface area contributed by atoms with Gasteiger partial charge in [-0.2, -0.15) is 9.36 Å². The van der Waals surface area contributed by atoms with Crippen LogP contribution in [0.4, 0.5) is 5.95 Å². The molecule has 0 N–H and O–H groups in total. The molecule has 2 heterocycles. The second-order valence-corrected chi connectivity index (χ2v) is 6.59. The van der Waals surface area contributed by atoms with Gasteiger partial charge in [0.25, 0.3) is 0 Å². The molecule has 1 atom stereocenters. The predicted molar refractivity (Wildman–Crippen MR) is 88.9 cm³/mol. The average Bonchev–Trinajstić information content (AvgIpc) is 3.18. The monoisotopic (exact) mass is 302 g/mol. The van der Waals surface area contributed by atoms with Gasteiger partial charge < -0.3 is 4.90 Å². The molecule has 0 radical (unpaired) electrons. The zero-order valence-electron chi connectivity index (χ0n) is 12.9. The molecular formula is C16H22N4S. The number of hydrogen-bond acceptors (Lipinski definition) is 5. The van der Waals surface area contributed by atoms with Crippen LogP contribution in [-0.4, -0.2) is 41.4 Å². The second kappa shape index (κ2) is 6.12. The molecule has 21 heavy (non-hydrogen) atoms. The van der Waals surface area contributed by atoms with Crippen molar-refractivity contribution in [2.75, 3.05) is 32.1 Å². The number of rotatable bonds is 4. The Labute approximate surface area is 130 Å². The smallest absolute Gasteiger partial charge is 0.237 e. The third-order valence-corrected chi connectivity index (χ3v) is 4.90. The fourth-order valence-corrected chi connectivity index (χ4v) is 3.49. The van der Waals surface area contributed by atoms with Crippen LogP contribution >= 0.6 is 11.5 Å². The molecule has 4 nitrogen and oxygen atoms in total. The van der Waals surface area contributed by atoms with E-state index in [1.165, 1.54) is 43.0 Å². The van der Waals surface area contributed by atoms with Crippen LogP contribution in [0.2, 0.25) is 0 Å². The first-order valence-corrected chi connectivity index (χ1v) is 8.28. The fraction of sp³-hybridized carbons (Fsp3) is 0.500. The Balaban J connectivity index is 1.76. The Morgan fingerprint density at radius 3 is 2.38 bits per heavy atom. The van der Waals surface area contributed by atoms with Gasteiger partial charge in [-0.3, -0.25) is 4.90 Å². The summed E-state index contributed by atoms with van der Waals surface area (Å²) in [5, 5.41) is 0.985. The van der Waals surface area contributed by atoms with Crippen molar-refractivity contribution in [1.29, 1.82) is 0 Å². The van der Waals surface area contributed by atoms with Crippen LogP contribution in [0.15, 0.2) is 24.3 Å². The van der Waals surface area contributed by atoms with Gasteiger partial charge in [0, 0.05) is 25.7 Å². The number of aromatic nitrogens is 2. The van der Waals surface area contributed by atoms with Gasteiger partial charge in [-0.25, -0.2) is 0 Å². The minimum absolute atomic E-state index is 0.508. The molecule has 0 spiro atoms. The van der Waals surface area contributed by atoms with E-state index in [1.807, 2.05) is 19.0 Å². The second-order valence-electron chi connectivity index (χ2n) is 5.84. The van der Waals surface area contributed by atoms with Crippen LogP contribution in [-0.2, 0) is 0 Å². The minimum atomic E-state index is 0.508. The van der Waals surface area contributed by atoms with Crippen LogP contribution in [0.1, 0.15) is 31.4 Å². The molecule has 1 aromatic carbocycles. The maximum absolute atomic E-state index is 4.55. The third-order valence-electron chi connectivity index (χ3n) is 4.14. The van der Waals surface area contributed by atoms with E-state index in [0.717, 1.165) is 16.5 Å². The van der Waals surface area contributed by atoms with E-state index in [2.05, 4.69) is 45.4 Å². The largest absolute Gasteiger partial charge is 0.346 e. The number of likely N-dealkylation sites (tertiary alicyclic amines) is 1. The molecule has 5 heteroatoms. The minimum Gasteiger partial charge on any atom is -0.346 e. The number of anilines is 1. The van der Waals surface area contributed by atoms with E-state index < -0.39 is 0 Å². The maximum Gasteiger partial charge on any atom is 0.237 e. The van der Waals surface area contributed by atoms with Crippen molar-refractivity contribution >= 4 is 17.5 Å². The van der Waals surface area contributed by atoms with Gasteiger partial charge in [0.1, 0.15) is 5.01 Å². The lowest BCUT2D eigenvalue weighted by Gasteiger charge is -2.24. The highest BCUT2D eigenvalue weighted by atomic mass is 32.1. The molecule has 1 aromatic heterocycles. The average molecular weight is 302 g/mol. The van der Waals surface area contributed by atoms with E-state index in [-0.39, 0.29) is 0 Å². The van der Waals surface area contributed by atoms with E-state index in [0.29, 0.717) is 6.04 Å². The van der Waals surface area contributed by atoms with Gasteiger partial charge in [0.05, 0.1) is 0 Å². The summed E-state index contributed by atoms with van der Waals surface area (Å²) in [6.45, 7) is 4.76. The van der Waals surface area contributed by atoms with Crippen molar-refractivity contribution in [3.63, 3.8) is 0 Å². The normalized spacial score (nSPS) is 17.1. The van der Waals surface area contributed by atoms with Gasteiger partial charge in [-0.1, -0.05) is 24.3 Å². The van der Waals surface area contributed by atoms with Gasteiger partial charge in [0.15, 0.2) is 0 Å². The first-order valence-electron chi connectivity index (χ1n) is 7.50. The number of nitrogens with zero attached hydrogens (tertiary/aromatic N) is 4. The molecule has 1 saturated heterocycles. The van der Waals surface area contributed by atoms with Crippen molar-refractivity contribution in [2.24, 2.45) is 0 Å². The van der Waals surface area contributed by atoms with Crippen LogP contribution < -0.4 is 4.90 Å². The standard InChI is InChI=1S/C16H22N4S/c1-12(20-10-4-5-11-20)13-6-8-14(9-7-13)15-17-16(18-21-15)19(2)3/h6-9,12H,4-5,10-11H2,1-3H3/t12-/m1/s1. The first-order chi connectivity index (χ1) is 10.1. The Bertz CT molecular complexity index is 585. The highest BCUT2D eigenvalue weighted by Crippen LogP contribution is 2.28. The highest BCUT2D eigenvalue weighted by Gasteiger charge is 2.19. The van der Waals surface area contributed by atoms with Crippen molar-refractivity contribution in [3.8, 4) is 10.6 Å². The van der Waals surface area contributed by atoms with Crippen molar-refractivity contribution in [3.05, 3.63) is 29.8 Å². The zero-order chi connectivity index (χ0) is 14.8. The van der Waals surface area contributed by atoms with E-state index >= 15 is 0 Å². The lowest BCUT2D eigenvalue weighted by Crippen LogP contribution is -2.23. The van der Waals surface area contributed by atoms with Crippen LogP contribution in [0.5, 0.6) is 0 Å². The Morgan fingerprint density at radius 1 is 1.14 bits per heavy atom. The Kier molecular flexibility index (Phi) is 4.22. The topological polar surface area (TPSA) is 32.3 Å². The molecule has 0 unspecified atom stereocenters. The van der Waals surface area contributed by atoms with Crippen LogP contribution in [0.3, 0.4) is 0 Å². The van der Waals surface area contributed by atoms with Crippen molar-refractivity contribution in [2.45, 2.75) is 25.8 Å². The van der Waals surface area contributed by atoms with Crippen LogP contribution in [0.25, 0.3) is 10.6 Å². The lowest BCUT2D eigenvalue weighted by molar-refractivity contribution is 0.263. The summed E-state index contributed by atoms with van der Waals surface area (Å²) in [5.74, 6) is 0.782. The van der Waals surface area contributed by atoms with Gasteiger partial charge in [-0.15, -0.1) is 0 Å². The fourth-order valence-electron chi connectivity index (χ4n) is 2.76. The lowest BCUT2D eigenvalue weighted by atomic mass is 10.1. The SMILES string of the molecule is C[C@H](c1ccc(-c2nc(N(C)C)ns2)cc1)N1CCCC1. The molecule has 0 aliphatic carbocycles. The van der Waals surface area contributed by atoms with Gasteiger partial charge >= 0.3 is 0 Å². The maximum atomic E-state index is 4.55. The molecule has 1 fully saturated rings. The first kappa shape index (κ1) is 14.5. The van der Waals surface area contributed by atoms with Gasteiger partial charge in [-0.05, 0) is 50.0 Å². The molecule has 112 valence electrons. The quantitative estimate of drug-likeness (QED) is 0.866. The molecule has 0 bridgehead atoms. The molecule has 0 amide bonds. The molecule has 3 rings (SSSR count). The molecule has 0 saturated carbocycles. The Hall–Kier alpha value is -1.46. The summed E-state index contributed by atoms with van der Waals surface area (Å²) in [6.07, 6.45) is 2.67. The van der Waals surface area contributed by atoms with Crippen molar-refractivity contribution in [1.82, 2.24) is 14.3 Å². The molecule has 2 aromatic rings. The van der Waals surface area contributed by atoms with E-state index in [1.54, 1.807) is 0 Å². The predicted octanol–water partition coefficient (Wildman–Crippen LogP) is 3.43. The van der Waals surface area contributed by atoms with E-state index in [4.69, 9.17) is 0 Å².